The van der Waals surface area contributed by atoms with Crippen molar-refractivity contribution in [1.82, 2.24) is 4.98 Å². The highest BCUT2D eigenvalue weighted by Gasteiger charge is 2.07. The van der Waals surface area contributed by atoms with Gasteiger partial charge in [-0.2, -0.15) is 0 Å². The lowest BCUT2D eigenvalue weighted by atomic mass is 10.3. The second kappa shape index (κ2) is 4.27. The summed E-state index contributed by atoms with van der Waals surface area (Å²) < 4.78 is 6.26. The van der Waals surface area contributed by atoms with Gasteiger partial charge in [0.05, 0.1) is 16.6 Å². The van der Waals surface area contributed by atoms with Gasteiger partial charge in [0.25, 0.3) is 0 Å². The monoisotopic (exact) mass is 259 g/mol. The van der Waals surface area contributed by atoms with Crippen molar-refractivity contribution < 1.29 is 9.52 Å². The minimum atomic E-state index is -0.433. The summed E-state index contributed by atoms with van der Waals surface area (Å²) in [7, 11) is 0. The van der Waals surface area contributed by atoms with E-state index in [0.29, 0.717) is 12.2 Å². The van der Waals surface area contributed by atoms with Gasteiger partial charge < -0.3 is 9.52 Å². The van der Waals surface area contributed by atoms with Gasteiger partial charge in [0.15, 0.2) is 5.75 Å². The molecule has 0 spiro atoms. The van der Waals surface area contributed by atoms with Gasteiger partial charge in [-0.1, -0.05) is 12.1 Å². The van der Waals surface area contributed by atoms with E-state index in [2.05, 4.69) is 4.98 Å². The van der Waals surface area contributed by atoms with Crippen molar-refractivity contribution in [2.45, 2.75) is 6.42 Å². The topological polar surface area (TPSA) is 63.3 Å². The van der Waals surface area contributed by atoms with E-state index in [0.717, 1.165) is 21.5 Å². The van der Waals surface area contributed by atoms with Gasteiger partial charge in [-0.15, -0.1) is 11.3 Å². The lowest BCUT2D eigenvalue weighted by molar-refractivity contribution is 0.416. The molecule has 0 bridgehead atoms. The Labute approximate surface area is 106 Å². The first-order chi connectivity index (χ1) is 8.72. The van der Waals surface area contributed by atoms with Crippen LogP contribution in [0.25, 0.3) is 10.2 Å². The van der Waals surface area contributed by atoms with Crippen LogP contribution in [0.2, 0.25) is 0 Å². The summed E-state index contributed by atoms with van der Waals surface area (Å²) in [5.41, 5.74) is 0.510. The molecule has 1 N–H and O–H groups in total. The molecule has 5 heteroatoms. The Bertz CT molecular complexity index is 727. The Morgan fingerprint density at radius 2 is 2.17 bits per heavy atom. The zero-order valence-corrected chi connectivity index (χ0v) is 10.1. The molecule has 4 nitrogen and oxygen atoms in total. The zero-order valence-electron chi connectivity index (χ0n) is 9.29. The van der Waals surface area contributed by atoms with Crippen molar-refractivity contribution in [2.24, 2.45) is 0 Å². The second-order valence-electron chi connectivity index (χ2n) is 3.85. The summed E-state index contributed by atoms with van der Waals surface area (Å²) in [4.78, 5) is 15.7. The number of fused-ring (bicyclic) bond motifs is 1. The van der Waals surface area contributed by atoms with E-state index in [-0.39, 0.29) is 5.75 Å². The lowest BCUT2D eigenvalue weighted by Crippen LogP contribution is -2.00. The van der Waals surface area contributed by atoms with Crippen LogP contribution in [0.5, 0.6) is 5.75 Å². The fraction of sp³-hybridized carbons (Fsp3) is 0.0769. The Morgan fingerprint density at radius 1 is 1.33 bits per heavy atom. The van der Waals surface area contributed by atoms with Crippen LogP contribution < -0.4 is 5.43 Å². The van der Waals surface area contributed by atoms with Gasteiger partial charge in [0.1, 0.15) is 17.0 Å². The summed E-state index contributed by atoms with van der Waals surface area (Å²) in [6.07, 6.45) is 1.51. The Hall–Kier alpha value is -2.14. The molecule has 2 heterocycles. The summed E-state index contributed by atoms with van der Waals surface area (Å²) in [5, 5.41) is 9.98. The third-order valence-corrected chi connectivity index (χ3v) is 3.57. The fourth-order valence-electron chi connectivity index (χ4n) is 1.68. The molecule has 0 unspecified atom stereocenters. The van der Waals surface area contributed by atoms with E-state index in [1.807, 2.05) is 24.3 Å². The highest BCUT2D eigenvalue weighted by molar-refractivity contribution is 7.18. The van der Waals surface area contributed by atoms with Crippen LogP contribution in [0, 0.1) is 0 Å². The SMILES string of the molecule is O=c1cc(Cc2nc3ccccc3s2)occ1O. The molecule has 0 fully saturated rings. The molecule has 18 heavy (non-hydrogen) atoms. The van der Waals surface area contributed by atoms with Gasteiger partial charge in [-0.3, -0.25) is 4.79 Å². The highest BCUT2D eigenvalue weighted by atomic mass is 32.1. The van der Waals surface area contributed by atoms with Gasteiger partial charge >= 0.3 is 0 Å². The van der Waals surface area contributed by atoms with E-state index >= 15 is 0 Å². The van der Waals surface area contributed by atoms with Gasteiger partial charge in [-0.25, -0.2) is 4.98 Å². The fourth-order valence-corrected chi connectivity index (χ4v) is 2.66. The number of aromatic nitrogens is 1. The van der Waals surface area contributed by atoms with Crippen LogP contribution in [-0.4, -0.2) is 10.1 Å². The average molecular weight is 259 g/mol. The molecule has 3 rings (SSSR count). The van der Waals surface area contributed by atoms with Crippen LogP contribution in [0.1, 0.15) is 10.8 Å². The number of hydrogen-bond acceptors (Lipinski definition) is 5. The molecule has 0 radical (unpaired) electrons. The summed E-state index contributed by atoms with van der Waals surface area (Å²) in [6, 6.07) is 9.14. The third kappa shape index (κ3) is 2.00. The van der Waals surface area contributed by atoms with Crippen LogP contribution in [0.4, 0.5) is 0 Å². The largest absolute Gasteiger partial charge is 0.502 e. The van der Waals surface area contributed by atoms with E-state index in [9.17, 15) is 4.79 Å². The molecule has 0 aliphatic carbocycles. The number of rotatable bonds is 2. The molecule has 1 aromatic carbocycles. The van der Waals surface area contributed by atoms with Crippen molar-refractivity contribution in [1.29, 1.82) is 0 Å². The Balaban J connectivity index is 1.96. The van der Waals surface area contributed by atoms with E-state index in [1.54, 1.807) is 11.3 Å². The van der Waals surface area contributed by atoms with Crippen molar-refractivity contribution >= 4 is 21.6 Å². The number of para-hydroxylation sites is 1. The highest BCUT2D eigenvalue weighted by Crippen LogP contribution is 2.23. The van der Waals surface area contributed by atoms with E-state index in [4.69, 9.17) is 9.52 Å². The maximum Gasteiger partial charge on any atom is 0.226 e. The van der Waals surface area contributed by atoms with E-state index < -0.39 is 5.43 Å². The molecule has 3 aromatic rings. The molecule has 0 aliphatic heterocycles. The summed E-state index contributed by atoms with van der Waals surface area (Å²) >= 11 is 1.57. The van der Waals surface area contributed by atoms with Crippen LogP contribution in [-0.2, 0) is 6.42 Å². The molecule has 0 saturated carbocycles. The first-order valence-corrected chi connectivity index (χ1v) is 6.19. The quantitative estimate of drug-likeness (QED) is 0.768. The average Bonchev–Trinajstić information content (AvgIpc) is 2.76. The molecule has 0 atom stereocenters. The van der Waals surface area contributed by atoms with Crippen LogP contribution in [0.3, 0.4) is 0 Å². The standard InChI is InChI=1S/C13H9NO3S/c15-10-5-8(17-7-11(10)16)6-13-14-9-3-1-2-4-12(9)18-13/h1-5,7,16H,6H2. The number of nitrogens with zero attached hydrogens (tertiary/aromatic N) is 1. The predicted octanol–water partition coefficient (Wildman–Crippen LogP) is 2.55. The third-order valence-electron chi connectivity index (χ3n) is 2.53. The van der Waals surface area contributed by atoms with E-state index in [1.165, 1.54) is 6.07 Å². The first-order valence-electron chi connectivity index (χ1n) is 5.37. The Morgan fingerprint density at radius 3 is 2.94 bits per heavy atom. The smallest absolute Gasteiger partial charge is 0.226 e. The van der Waals surface area contributed by atoms with Gasteiger partial charge in [0, 0.05) is 6.07 Å². The summed E-state index contributed by atoms with van der Waals surface area (Å²) in [6.45, 7) is 0. The van der Waals surface area contributed by atoms with Gasteiger partial charge in [0.2, 0.25) is 5.43 Å². The van der Waals surface area contributed by atoms with Gasteiger partial charge in [-0.05, 0) is 12.1 Å². The zero-order chi connectivity index (χ0) is 12.5. The van der Waals surface area contributed by atoms with Crippen LogP contribution >= 0.6 is 11.3 Å². The molecular formula is C13H9NO3S. The molecule has 90 valence electrons. The van der Waals surface area contributed by atoms with Crippen molar-refractivity contribution in [3.8, 4) is 5.75 Å². The minimum absolute atomic E-state index is 0.372. The van der Waals surface area contributed by atoms with Crippen molar-refractivity contribution in [3.63, 3.8) is 0 Å². The molecule has 0 amide bonds. The second-order valence-corrected chi connectivity index (χ2v) is 4.96. The predicted molar refractivity (Wildman–Crippen MR) is 69.1 cm³/mol. The number of thiazole rings is 1. The molecular weight excluding hydrogens is 250 g/mol. The van der Waals surface area contributed by atoms with Crippen molar-refractivity contribution in [3.05, 3.63) is 57.6 Å². The maximum atomic E-state index is 11.3. The number of benzene rings is 1. The number of hydrogen-bond donors (Lipinski definition) is 1. The molecule has 0 saturated heterocycles. The normalized spacial score (nSPS) is 10.9. The number of aromatic hydroxyl groups is 1. The maximum absolute atomic E-state index is 11.3. The lowest BCUT2D eigenvalue weighted by Gasteiger charge is -1.96. The van der Waals surface area contributed by atoms with Crippen molar-refractivity contribution in [2.75, 3.05) is 0 Å². The minimum Gasteiger partial charge on any atom is -0.502 e. The van der Waals surface area contributed by atoms with Crippen LogP contribution in [0.15, 0.2) is 45.8 Å². The first kappa shape index (κ1) is 11.0. The molecule has 0 aliphatic rings. The Kier molecular flexibility index (Phi) is 2.60. The molecule has 2 aromatic heterocycles. The summed E-state index contributed by atoms with van der Waals surface area (Å²) in [5.74, 6) is 0.125.